The van der Waals surface area contributed by atoms with Gasteiger partial charge >= 0.3 is 0 Å². The minimum atomic E-state index is -0.497. The van der Waals surface area contributed by atoms with Gasteiger partial charge in [0.25, 0.3) is 5.69 Å². The minimum Gasteiger partial charge on any atom is -0.352 e. The molecule has 2 aromatic rings. The van der Waals surface area contributed by atoms with Crippen molar-refractivity contribution >= 4 is 22.9 Å². The number of ketones is 2. The van der Waals surface area contributed by atoms with E-state index in [9.17, 15) is 19.7 Å². The van der Waals surface area contributed by atoms with Crippen molar-refractivity contribution in [1.29, 1.82) is 0 Å². The van der Waals surface area contributed by atoms with Crippen LogP contribution in [0.3, 0.4) is 0 Å². The number of hydrogen-bond acceptors (Lipinski definition) is 5. The number of nitrogens with zero attached hydrogens (tertiary/aromatic N) is 1. The van der Waals surface area contributed by atoms with Crippen molar-refractivity contribution in [2.24, 2.45) is 0 Å². The lowest BCUT2D eigenvalue weighted by Gasteiger charge is -2.21. The van der Waals surface area contributed by atoms with Gasteiger partial charge in [0.15, 0.2) is 5.78 Å². The van der Waals surface area contributed by atoms with Gasteiger partial charge in [0, 0.05) is 28.9 Å². The molecule has 6 heteroatoms. The molecule has 1 N–H and O–H groups in total. The molecule has 0 fully saturated rings. The monoisotopic (exact) mass is 348 g/mol. The summed E-state index contributed by atoms with van der Waals surface area (Å²) in [7, 11) is 0. The van der Waals surface area contributed by atoms with Crippen LogP contribution in [0.15, 0.2) is 71.5 Å². The van der Waals surface area contributed by atoms with Gasteiger partial charge in [-0.2, -0.15) is 0 Å². The number of rotatable bonds is 4. The Morgan fingerprint density at radius 3 is 2.08 bits per heavy atom. The van der Waals surface area contributed by atoms with Crippen molar-refractivity contribution in [2.75, 3.05) is 5.32 Å². The average molecular weight is 348 g/mol. The SMILES string of the molecule is CC(C)=CC1=C(Nc2ccc([N+](=O)[O-])cc2)C(=O)c2ccccc2C1=O. The van der Waals surface area contributed by atoms with Crippen LogP contribution in [0.25, 0.3) is 0 Å². The van der Waals surface area contributed by atoms with Crippen LogP contribution < -0.4 is 5.32 Å². The van der Waals surface area contributed by atoms with Crippen LogP contribution in [-0.4, -0.2) is 16.5 Å². The molecule has 26 heavy (non-hydrogen) atoms. The number of carbonyl (C=O) groups is 2. The van der Waals surface area contributed by atoms with E-state index in [1.54, 1.807) is 30.3 Å². The Kier molecular flexibility index (Phi) is 4.49. The molecule has 0 saturated heterocycles. The first kappa shape index (κ1) is 17.3. The van der Waals surface area contributed by atoms with Crippen molar-refractivity contribution < 1.29 is 14.5 Å². The van der Waals surface area contributed by atoms with Gasteiger partial charge in [-0.15, -0.1) is 0 Å². The highest BCUT2D eigenvalue weighted by atomic mass is 16.6. The number of benzene rings is 2. The molecule has 1 aliphatic rings. The zero-order chi connectivity index (χ0) is 18.8. The number of nitrogens with one attached hydrogen (secondary N) is 1. The summed E-state index contributed by atoms with van der Waals surface area (Å²) < 4.78 is 0. The van der Waals surface area contributed by atoms with E-state index in [0.29, 0.717) is 16.8 Å². The van der Waals surface area contributed by atoms with Crippen LogP contribution in [-0.2, 0) is 0 Å². The lowest BCUT2D eigenvalue weighted by Crippen LogP contribution is -2.25. The summed E-state index contributed by atoms with van der Waals surface area (Å²) in [5.41, 5.74) is 2.49. The molecule has 0 bridgehead atoms. The van der Waals surface area contributed by atoms with Gasteiger partial charge in [0.1, 0.15) is 0 Å². The Balaban J connectivity index is 2.08. The summed E-state index contributed by atoms with van der Waals surface area (Å²) in [5, 5.41) is 13.7. The first-order valence-corrected chi connectivity index (χ1v) is 7.97. The van der Waals surface area contributed by atoms with E-state index in [1.807, 2.05) is 13.8 Å². The topological polar surface area (TPSA) is 89.3 Å². The standard InChI is InChI=1S/C20H16N2O4/c1-12(2)11-17-18(21-13-7-9-14(10-8-13)22(25)26)20(24)16-6-4-3-5-15(16)19(17)23/h3-11,21H,1-2H3. The van der Waals surface area contributed by atoms with Gasteiger partial charge in [-0.05, 0) is 26.0 Å². The first-order valence-electron chi connectivity index (χ1n) is 7.97. The smallest absolute Gasteiger partial charge is 0.269 e. The fraction of sp³-hybridized carbons (Fsp3) is 0.100. The molecule has 0 aliphatic heterocycles. The lowest BCUT2D eigenvalue weighted by atomic mass is 9.86. The summed E-state index contributed by atoms with van der Waals surface area (Å²) in [5.74, 6) is -0.517. The second-order valence-electron chi connectivity index (χ2n) is 6.14. The van der Waals surface area contributed by atoms with Gasteiger partial charge in [0.2, 0.25) is 5.78 Å². The molecule has 0 radical (unpaired) electrons. The lowest BCUT2D eigenvalue weighted by molar-refractivity contribution is -0.384. The molecular formula is C20H16N2O4. The van der Waals surface area contributed by atoms with Crippen LogP contribution in [0.2, 0.25) is 0 Å². The fourth-order valence-electron chi connectivity index (χ4n) is 2.76. The first-order chi connectivity index (χ1) is 12.4. The van der Waals surface area contributed by atoms with Crippen molar-refractivity contribution in [3.05, 3.63) is 92.7 Å². The Morgan fingerprint density at radius 1 is 0.962 bits per heavy atom. The van der Waals surface area contributed by atoms with Crippen LogP contribution in [0, 0.1) is 10.1 Å². The molecule has 130 valence electrons. The third-order valence-electron chi connectivity index (χ3n) is 3.94. The van der Waals surface area contributed by atoms with Crippen LogP contribution in [0.4, 0.5) is 11.4 Å². The fourth-order valence-corrected chi connectivity index (χ4v) is 2.76. The molecule has 0 spiro atoms. The summed E-state index contributed by atoms with van der Waals surface area (Å²) in [6.07, 6.45) is 1.67. The van der Waals surface area contributed by atoms with Gasteiger partial charge in [-0.3, -0.25) is 19.7 Å². The van der Waals surface area contributed by atoms with Crippen LogP contribution in [0.5, 0.6) is 0 Å². The summed E-state index contributed by atoms with van der Waals surface area (Å²) in [4.78, 5) is 36.1. The van der Waals surface area contributed by atoms with Gasteiger partial charge in [-0.25, -0.2) is 0 Å². The highest BCUT2D eigenvalue weighted by Crippen LogP contribution is 2.29. The summed E-state index contributed by atoms with van der Waals surface area (Å²) >= 11 is 0. The molecular weight excluding hydrogens is 332 g/mol. The molecule has 0 heterocycles. The van der Waals surface area contributed by atoms with Crippen molar-refractivity contribution in [3.8, 4) is 0 Å². The number of fused-ring (bicyclic) bond motifs is 1. The van der Waals surface area contributed by atoms with E-state index in [1.165, 1.54) is 24.3 Å². The second-order valence-corrected chi connectivity index (χ2v) is 6.14. The molecule has 0 amide bonds. The predicted octanol–water partition coefficient (Wildman–Crippen LogP) is 4.31. The molecule has 1 aliphatic carbocycles. The number of allylic oxidation sites excluding steroid dienone is 4. The van der Waals surface area contributed by atoms with Crippen molar-refractivity contribution in [3.63, 3.8) is 0 Å². The molecule has 0 saturated carbocycles. The number of nitro groups is 1. The van der Waals surface area contributed by atoms with Crippen molar-refractivity contribution in [1.82, 2.24) is 0 Å². The molecule has 2 aromatic carbocycles. The number of anilines is 1. The normalized spacial score (nSPS) is 13.3. The quantitative estimate of drug-likeness (QED) is 0.657. The molecule has 0 aromatic heterocycles. The van der Waals surface area contributed by atoms with E-state index in [4.69, 9.17) is 0 Å². The summed E-state index contributed by atoms with van der Waals surface area (Å²) in [6.45, 7) is 3.68. The number of hydrogen-bond donors (Lipinski definition) is 1. The predicted molar refractivity (Wildman–Crippen MR) is 98.3 cm³/mol. The zero-order valence-corrected chi connectivity index (χ0v) is 14.3. The van der Waals surface area contributed by atoms with Gasteiger partial charge < -0.3 is 5.32 Å². The molecule has 0 unspecified atom stereocenters. The average Bonchev–Trinajstić information content (AvgIpc) is 2.62. The number of nitro benzene ring substituents is 1. The zero-order valence-electron chi connectivity index (χ0n) is 14.3. The number of carbonyl (C=O) groups excluding carboxylic acids is 2. The highest BCUT2D eigenvalue weighted by Gasteiger charge is 2.31. The van der Waals surface area contributed by atoms with E-state index in [-0.39, 0.29) is 28.5 Å². The largest absolute Gasteiger partial charge is 0.352 e. The Bertz CT molecular complexity index is 981. The maximum Gasteiger partial charge on any atom is 0.269 e. The third-order valence-corrected chi connectivity index (χ3v) is 3.94. The second kappa shape index (κ2) is 6.76. The number of Topliss-reactive ketones (excluding diaryl/α,β-unsaturated/α-hetero) is 2. The van der Waals surface area contributed by atoms with Crippen LogP contribution >= 0.6 is 0 Å². The Hall–Kier alpha value is -3.54. The third kappa shape index (κ3) is 3.17. The van der Waals surface area contributed by atoms with E-state index in [2.05, 4.69) is 5.32 Å². The summed E-state index contributed by atoms with van der Waals surface area (Å²) in [6, 6.07) is 12.4. The van der Waals surface area contributed by atoms with E-state index in [0.717, 1.165) is 5.57 Å². The maximum atomic E-state index is 12.9. The Labute approximate surface area is 150 Å². The number of non-ortho nitro benzene ring substituents is 1. The maximum absolute atomic E-state index is 12.9. The van der Waals surface area contributed by atoms with E-state index >= 15 is 0 Å². The van der Waals surface area contributed by atoms with Crippen molar-refractivity contribution in [2.45, 2.75) is 13.8 Å². The van der Waals surface area contributed by atoms with Gasteiger partial charge in [-0.1, -0.05) is 35.9 Å². The molecule has 0 atom stereocenters. The molecule has 6 nitrogen and oxygen atoms in total. The van der Waals surface area contributed by atoms with Crippen LogP contribution in [0.1, 0.15) is 34.6 Å². The Morgan fingerprint density at radius 2 is 1.54 bits per heavy atom. The van der Waals surface area contributed by atoms with Gasteiger partial charge in [0.05, 0.1) is 16.2 Å². The van der Waals surface area contributed by atoms with E-state index < -0.39 is 4.92 Å². The molecule has 3 rings (SSSR count). The minimum absolute atomic E-state index is 0.0505. The highest BCUT2D eigenvalue weighted by molar-refractivity contribution is 6.28.